The first kappa shape index (κ1) is 21.5. The number of benzene rings is 1. The predicted octanol–water partition coefficient (Wildman–Crippen LogP) is 4.19. The highest BCUT2D eigenvalue weighted by atomic mass is 16.5. The number of nitrogens with zero attached hydrogens (tertiary/aromatic N) is 3. The molecule has 2 aliphatic heterocycles. The van der Waals surface area contributed by atoms with Crippen molar-refractivity contribution in [3.63, 3.8) is 0 Å². The van der Waals surface area contributed by atoms with Crippen LogP contribution in [0.5, 0.6) is 0 Å². The van der Waals surface area contributed by atoms with E-state index < -0.39 is 0 Å². The van der Waals surface area contributed by atoms with Crippen molar-refractivity contribution in [2.24, 2.45) is 0 Å². The van der Waals surface area contributed by atoms with Gasteiger partial charge in [0.05, 0.1) is 29.1 Å². The van der Waals surface area contributed by atoms with Crippen LogP contribution in [-0.2, 0) is 9.47 Å². The molecule has 3 heterocycles. The van der Waals surface area contributed by atoms with E-state index in [9.17, 15) is 4.79 Å². The second-order valence-electron chi connectivity index (χ2n) is 8.45. The summed E-state index contributed by atoms with van der Waals surface area (Å²) in [5.74, 6) is -0.0841. The van der Waals surface area contributed by atoms with Gasteiger partial charge in [-0.25, -0.2) is 4.98 Å². The smallest absolute Gasteiger partial charge is 0.272 e. The minimum atomic E-state index is -0.274. The Morgan fingerprint density at radius 2 is 2.00 bits per heavy atom. The third-order valence-electron chi connectivity index (χ3n) is 6.43. The Labute approximate surface area is 183 Å². The summed E-state index contributed by atoms with van der Waals surface area (Å²) < 4.78 is 12.7. The summed E-state index contributed by atoms with van der Waals surface area (Å²) in [5.41, 5.74) is 2.39. The molecule has 2 aliphatic rings. The summed E-state index contributed by atoms with van der Waals surface area (Å²) in [5, 5.41) is 9.09. The van der Waals surface area contributed by atoms with Gasteiger partial charge in [0, 0.05) is 32.5 Å². The lowest BCUT2D eigenvalue weighted by molar-refractivity contribution is -0.190. The van der Waals surface area contributed by atoms with E-state index in [-0.39, 0.29) is 23.7 Å². The first-order valence-electron chi connectivity index (χ1n) is 11.0. The Bertz CT molecular complexity index is 962. The molecule has 0 saturated carbocycles. The molecule has 0 radical (unpaired) electrons. The van der Waals surface area contributed by atoms with Gasteiger partial charge in [-0.05, 0) is 44.4 Å². The zero-order chi connectivity index (χ0) is 21.8. The Kier molecular flexibility index (Phi) is 6.35. The van der Waals surface area contributed by atoms with Gasteiger partial charge in [0.1, 0.15) is 11.8 Å². The van der Waals surface area contributed by atoms with Crippen LogP contribution in [0.25, 0.3) is 0 Å². The van der Waals surface area contributed by atoms with Crippen molar-refractivity contribution >= 4 is 5.91 Å². The molecule has 31 heavy (non-hydrogen) atoms. The van der Waals surface area contributed by atoms with Crippen LogP contribution in [0, 0.1) is 18.3 Å². The van der Waals surface area contributed by atoms with Gasteiger partial charge in [-0.15, -0.1) is 0 Å². The molecule has 4 rings (SSSR count). The van der Waals surface area contributed by atoms with Crippen LogP contribution in [0.4, 0.5) is 0 Å². The molecule has 0 aliphatic carbocycles. The van der Waals surface area contributed by atoms with Crippen LogP contribution in [0.2, 0.25) is 0 Å². The maximum atomic E-state index is 13.0. The van der Waals surface area contributed by atoms with E-state index in [1.54, 1.807) is 19.1 Å². The molecule has 6 heteroatoms. The highest BCUT2D eigenvalue weighted by Crippen LogP contribution is 2.44. The van der Waals surface area contributed by atoms with Crippen LogP contribution in [0.1, 0.15) is 66.0 Å². The number of rotatable bonds is 4. The van der Waals surface area contributed by atoms with E-state index >= 15 is 0 Å². The summed E-state index contributed by atoms with van der Waals surface area (Å²) in [6, 6.07) is 15.7. The molecule has 2 saturated heterocycles. The van der Waals surface area contributed by atoms with E-state index in [1.165, 1.54) is 5.56 Å². The maximum absolute atomic E-state index is 13.0. The predicted molar refractivity (Wildman–Crippen MR) is 116 cm³/mol. The summed E-state index contributed by atoms with van der Waals surface area (Å²) >= 11 is 0. The summed E-state index contributed by atoms with van der Waals surface area (Å²) in [6.07, 6.45) is 3.45. The first-order valence-corrected chi connectivity index (χ1v) is 11.0. The molecule has 0 bridgehead atoms. The summed E-state index contributed by atoms with van der Waals surface area (Å²) in [4.78, 5) is 19.2. The fraction of sp³-hybridized carbons (Fsp3) is 0.480. The van der Waals surface area contributed by atoms with Crippen molar-refractivity contribution in [3.8, 4) is 6.07 Å². The van der Waals surface area contributed by atoms with Crippen LogP contribution < -0.4 is 0 Å². The highest BCUT2D eigenvalue weighted by Gasteiger charge is 2.45. The number of likely N-dealkylation sites (tertiary alicyclic amines) is 1. The van der Waals surface area contributed by atoms with Gasteiger partial charge in [-0.2, -0.15) is 5.26 Å². The molecule has 2 fully saturated rings. The van der Waals surface area contributed by atoms with E-state index in [2.05, 4.69) is 23.2 Å². The van der Waals surface area contributed by atoms with E-state index in [0.717, 1.165) is 25.7 Å². The molecular formula is C25H29N3O3. The Hall–Kier alpha value is -2.75. The number of nitriles is 1. The SMILES string of the molecule is CCOC1CC(c2ccccc2)OC2(CCN(C(=O)c3ccc(C#N)c(C)n3)CC2)C1. The molecule has 1 spiro atoms. The number of hydrogen-bond acceptors (Lipinski definition) is 5. The van der Waals surface area contributed by atoms with Crippen LogP contribution in [0.3, 0.4) is 0 Å². The number of aromatic nitrogens is 1. The van der Waals surface area contributed by atoms with E-state index in [1.807, 2.05) is 30.0 Å². The topological polar surface area (TPSA) is 75.5 Å². The molecule has 162 valence electrons. The van der Waals surface area contributed by atoms with Crippen LogP contribution in [-0.4, -0.2) is 47.2 Å². The summed E-state index contributed by atoms with van der Waals surface area (Å²) in [6.45, 7) is 5.73. The largest absolute Gasteiger partial charge is 0.378 e. The average molecular weight is 420 g/mol. The quantitative estimate of drug-likeness (QED) is 0.743. The lowest BCUT2D eigenvalue weighted by Gasteiger charge is -2.48. The highest BCUT2D eigenvalue weighted by molar-refractivity contribution is 5.92. The standard InChI is InChI=1S/C25H29N3O3/c1-3-30-21-15-23(19-7-5-4-6-8-19)31-25(16-21)11-13-28(14-12-25)24(29)22-10-9-20(17-26)18(2)27-22/h4-10,21,23H,3,11-16H2,1-2H3. The second kappa shape index (κ2) is 9.17. The van der Waals surface area contributed by atoms with Crippen molar-refractivity contribution in [3.05, 3.63) is 65.0 Å². The molecule has 1 amide bonds. The van der Waals surface area contributed by atoms with Gasteiger partial charge in [-0.3, -0.25) is 4.79 Å². The third-order valence-corrected chi connectivity index (χ3v) is 6.43. The molecule has 6 nitrogen and oxygen atoms in total. The van der Waals surface area contributed by atoms with Gasteiger partial charge >= 0.3 is 0 Å². The lowest BCUT2D eigenvalue weighted by atomic mass is 9.80. The van der Waals surface area contributed by atoms with Gasteiger partial charge in [0.25, 0.3) is 5.91 Å². The number of amides is 1. The number of ether oxygens (including phenoxy) is 2. The second-order valence-corrected chi connectivity index (χ2v) is 8.45. The Balaban J connectivity index is 1.47. The Morgan fingerprint density at radius 1 is 1.26 bits per heavy atom. The Morgan fingerprint density at radius 3 is 2.65 bits per heavy atom. The molecule has 2 aromatic rings. The maximum Gasteiger partial charge on any atom is 0.272 e. The van der Waals surface area contributed by atoms with Gasteiger partial charge < -0.3 is 14.4 Å². The zero-order valence-corrected chi connectivity index (χ0v) is 18.2. The fourth-order valence-electron chi connectivity index (χ4n) is 4.77. The molecule has 2 unspecified atom stereocenters. The first-order chi connectivity index (χ1) is 15.0. The number of piperidine rings is 1. The number of pyridine rings is 1. The van der Waals surface area contributed by atoms with Gasteiger partial charge in [0.15, 0.2) is 0 Å². The molecule has 1 aromatic heterocycles. The van der Waals surface area contributed by atoms with Crippen molar-refractivity contribution in [2.45, 2.75) is 57.3 Å². The van der Waals surface area contributed by atoms with E-state index in [0.29, 0.717) is 36.6 Å². The average Bonchev–Trinajstić information content (AvgIpc) is 2.79. The van der Waals surface area contributed by atoms with Gasteiger partial charge in [0.2, 0.25) is 0 Å². The van der Waals surface area contributed by atoms with Crippen molar-refractivity contribution in [1.29, 1.82) is 5.26 Å². The lowest BCUT2D eigenvalue weighted by Crippen LogP contribution is -2.52. The zero-order valence-electron chi connectivity index (χ0n) is 18.2. The molecular weight excluding hydrogens is 390 g/mol. The normalized spacial score (nSPS) is 22.8. The van der Waals surface area contributed by atoms with Crippen LogP contribution >= 0.6 is 0 Å². The monoisotopic (exact) mass is 419 g/mol. The van der Waals surface area contributed by atoms with Crippen molar-refractivity contribution in [2.75, 3.05) is 19.7 Å². The molecule has 2 atom stereocenters. The number of aryl methyl sites for hydroxylation is 1. The number of carbonyl (C=O) groups is 1. The molecule has 0 N–H and O–H groups in total. The minimum Gasteiger partial charge on any atom is -0.378 e. The minimum absolute atomic E-state index is 0.0107. The fourth-order valence-corrected chi connectivity index (χ4v) is 4.77. The summed E-state index contributed by atoms with van der Waals surface area (Å²) in [7, 11) is 0. The van der Waals surface area contributed by atoms with Crippen LogP contribution in [0.15, 0.2) is 42.5 Å². The number of hydrogen-bond donors (Lipinski definition) is 0. The molecule has 1 aromatic carbocycles. The van der Waals surface area contributed by atoms with Crippen molar-refractivity contribution in [1.82, 2.24) is 9.88 Å². The van der Waals surface area contributed by atoms with Crippen molar-refractivity contribution < 1.29 is 14.3 Å². The van der Waals surface area contributed by atoms with E-state index in [4.69, 9.17) is 14.7 Å². The number of carbonyl (C=O) groups excluding carboxylic acids is 1. The van der Waals surface area contributed by atoms with Gasteiger partial charge in [-0.1, -0.05) is 30.3 Å². The third kappa shape index (κ3) is 4.63.